The van der Waals surface area contributed by atoms with Gasteiger partial charge in [-0.25, -0.2) is 4.79 Å². The molecule has 1 saturated carbocycles. The van der Waals surface area contributed by atoms with Crippen LogP contribution in [0.5, 0.6) is 0 Å². The van der Waals surface area contributed by atoms with E-state index in [0.29, 0.717) is 18.5 Å². The molecule has 0 aromatic carbocycles. The normalized spacial score (nSPS) is 21.9. The number of aryl methyl sites for hydroxylation is 1. The van der Waals surface area contributed by atoms with Crippen molar-refractivity contribution in [2.75, 3.05) is 6.54 Å². The molecule has 2 rings (SSSR count). The van der Waals surface area contributed by atoms with Crippen LogP contribution >= 0.6 is 0 Å². The molecule has 23 heavy (non-hydrogen) atoms. The van der Waals surface area contributed by atoms with Crippen molar-refractivity contribution in [2.45, 2.75) is 64.6 Å². The Morgan fingerprint density at radius 2 is 2.13 bits per heavy atom. The van der Waals surface area contributed by atoms with Crippen LogP contribution in [-0.4, -0.2) is 39.3 Å². The molecule has 0 saturated heterocycles. The van der Waals surface area contributed by atoms with Gasteiger partial charge in [-0.2, -0.15) is 0 Å². The van der Waals surface area contributed by atoms with E-state index in [1.54, 1.807) is 10.9 Å². The largest absolute Gasteiger partial charge is 0.444 e. The third-order valence-electron chi connectivity index (χ3n) is 4.17. The minimum Gasteiger partial charge on any atom is -0.444 e. The summed E-state index contributed by atoms with van der Waals surface area (Å²) >= 11 is 0. The summed E-state index contributed by atoms with van der Waals surface area (Å²) in [7, 11) is 1.90. The molecule has 130 valence electrons. The topological polar surface area (TPSA) is 81.1 Å². The molecule has 0 radical (unpaired) electrons. The number of hydrogen-bond acceptors (Lipinski definition) is 5. The standard InChI is InChI=1S/C16H29N5O2/c1-16(2,3)23-15(22)18-9-12-7-5-6-8-14(12)17-10-13-11-19-20-21(13)4/h11-12,14,17H,5-10H2,1-4H3,(H,18,22). The number of nitrogens with zero attached hydrogens (tertiary/aromatic N) is 3. The molecule has 1 amide bonds. The Morgan fingerprint density at radius 1 is 1.39 bits per heavy atom. The van der Waals surface area contributed by atoms with Crippen LogP contribution in [0.3, 0.4) is 0 Å². The van der Waals surface area contributed by atoms with E-state index in [0.717, 1.165) is 25.1 Å². The molecule has 2 unspecified atom stereocenters. The third-order valence-corrected chi connectivity index (χ3v) is 4.17. The Labute approximate surface area is 138 Å². The number of amides is 1. The molecule has 1 aliphatic rings. The fourth-order valence-corrected chi connectivity index (χ4v) is 2.96. The van der Waals surface area contributed by atoms with E-state index in [4.69, 9.17) is 4.74 Å². The fraction of sp³-hybridized carbons (Fsp3) is 0.812. The van der Waals surface area contributed by atoms with Gasteiger partial charge >= 0.3 is 6.09 Å². The molecule has 0 bridgehead atoms. The van der Waals surface area contributed by atoms with Crippen molar-refractivity contribution in [1.29, 1.82) is 0 Å². The van der Waals surface area contributed by atoms with Gasteiger partial charge in [0.05, 0.1) is 11.9 Å². The highest BCUT2D eigenvalue weighted by Crippen LogP contribution is 2.24. The number of ether oxygens (including phenoxy) is 1. The van der Waals surface area contributed by atoms with E-state index in [2.05, 4.69) is 20.9 Å². The molecular weight excluding hydrogens is 294 g/mol. The maximum absolute atomic E-state index is 11.8. The summed E-state index contributed by atoms with van der Waals surface area (Å²) in [6.07, 6.45) is 6.14. The second-order valence-corrected chi connectivity index (χ2v) is 7.26. The van der Waals surface area contributed by atoms with Crippen molar-refractivity contribution in [2.24, 2.45) is 13.0 Å². The average Bonchev–Trinajstić information content (AvgIpc) is 2.87. The SMILES string of the molecule is Cn1nncc1CNC1CCCCC1CNC(=O)OC(C)(C)C. The lowest BCUT2D eigenvalue weighted by Crippen LogP contribution is -2.45. The van der Waals surface area contributed by atoms with Crippen molar-refractivity contribution in [3.05, 3.63) is 11.9 Å². The lowest BCUT2D eigenvalue weighted by Gasteiger charge is -2.32. The Bertz CT molecular complexity index is 509. The zero-order valence-electron chi connectivity index (χ0n) is 14.6. The zero-order chi connectivity index (χ0) is 16.9. The van der Waals surface area contributed by atoms with Crippen LogP contribution in [0.1, 0.15) is 52.1 Å². The highest BCUT2D eigenvalue weighted by molar-refractivity contribution is 5.67. The van der Waals surface area contributed by atoms with Gasteiger partial charge in [-0.05, 0) is 39.5 Å². The van der Waals surface area contributed by atoms with Crippen LogP contribution in [0, 0.1) is 5.92 Å². The Balaban J connectivity index is 1.81. The minimum atomic E-state index is -0.458. The van der Waals surface area contributed by atoms with Gasteiger partial charge in [0, 0.05) is 26.2 Å². The summed E-state index contributed by atoms with van der Waals surface area (Å²) < 4.78 is 7.09. The van der Waals surface area contributed by atoms with Gasteiger partial charge in [0.15, 0.2) is 0 Å². The number of hydrogen-bond donors (Lipinski definition) is 2. The van der Waals surface area contributed by atoms with Crippen LogP contribution in [0.25, 0.3) is 0 Å². The average molecular weight is 323 g/mol. The molecule has 1 aromatic heterocycles. The molecule has 1 fully saturated rings. The first-order valence-electron chi connectivity index (χ1n) is 8.39. The summed E-state index contributed by atoms with van der Waals surface area (Å²) in [6.45, 7) is 7.02. The van der Waals surface area contributed by atoms with Crippen molar-refractivity contribution in [1.82, 2.24) is 25.6 Å². The predicted molar refractivity (Wildman–Crippen MR) is 87.8 cm³/mol. The first kappa shape index (κ1) is 17.7. The fourth-order valence-electron chi connectivity index (χ4n) is 2.96. The number of carbonyl (C=O) groups is 1. The van der Waals surface area contributed by atoms with Gasteiger partial charge in [-0.1, -0.05) is 18.1 Å². The molecular formula is C16H29N5O2. The summed E-state index contributed by atoms with van der Waals surface area (Å²) in [5, 5.41) is 14.3. The molecule has 0 aliphatic heterocycles. The second-order valence-electron chi connectivity index (χ2n) is 7.26. The molecule has 2 N–H and O–H groups in total. The quantitative estimate of drug-likeness (QED) is 0.866. The number of carbonyl (C=O) groups excluding carboxylic acids is 1. The van der Waals surface area contributed by atoms with Gasteiger partial charge in [-0.3, -0.25) is 4.68 Å². The molecule has 0 spiro atoms. The zero-order valence-corrected chi connectivity index (χ0v) is 14.6. The molecule has 1 aliphatic carbocycles. The van der Waals surface area contributed by atoms with E-state index in [9.17, 15) is 4.79 Å². The first-order valence-corrected chi connectivity index (χ1v) is 8.39. The Hall–Kier alpha value is -1.63. The molecule has 7 heteroatoms. The minimum absolute atomic E-state index is 0.336. The highest BCUT2D eigenvalue weighted by Gasteiger charge is 2.26. The van der Waals surface area contributed by atoms with Gasteiger partial charge in [0.25, 0.3) is 0 Å². The molecule has 1 heterocycles. The van der Waals surface area contributed by atoms with E-state index in [1.165, 1.54) is 12.8 Å². The third kappa shape index (κ3) is 5.82. The molecule has 2 atom stereocenters. The Morgan fingerprint density at radius 3 is 2.78 bits per heavy atom. The van der Waals surface area contributed by atoms with E-state index in [-0.39, 0.29) is 6.09 Å². The maximum atomic E-state index is 11.8. The van der Waals surface area contributed by atoms with E-state index in [1.807, 2.05) is 27.8 Å². The smallest absolute Gasteiger partial charge is 0.407 e. The summed E-state index contributed by atoms with van der Waals surface area (Å²) in [4.78, 5) is 11.8. The highest BCUT2D eigenvalue weighted by atomic mass is 16.6. The van der Waals surface area contributed by atoms with Crippen LogP contribution in [0.15, 0.2) is 6.20 Å². The van der Waals surface area contributed by atoms with Crippen LogP contribution in [0.2, 0.25) is 0 Å². The number of nitrogens with one attached hydrogen (secondary N) is 2. The Kier molecular flexibility index (Phi) is 5.98. The van der Waals surface area contributed by atoms with Crippen molar-refractivity contribution >= 4 is 6.09 Å². The molecule has 1 aromatic rings. The van der Waals surface area contributed by atoms with Gasteiger partial charge in [0.2, 0.25) is 0 Å². The second kappa shape index (κ2) is 7.77. The van der Waals surface area contributed by atoms with Crippen LogP contribution in [0.4, 0.5) is 4.79 Å². The van der Waals surface area contributed by atoms with E-state index >= 15 is 0 Å². The number of alkyl carbamates (subject to hydrolysis) is 1. The van der Waals surface area contributed by atoms with Crippen LogP contribution < -0.4 is 10.6 Å². The van der Waals surface area contributed by atoms with Crippen LogP contribution in [-0.2, 0) is 18.3 Å². The monoisotopic (exact) mass is 323 g/mol. The summed E-state index contributed by atoms with van der Waals surface area (Å²) in [6, 6.07) is 0.397. The predicted octanol–water partition coefficient (Wildman–Crippen LogP) is 1.99. The van der Waals surface area contributed by atoms with Gasteiger partial charge < -0.3 is 15.4 Å². The summed E-state index contributed by atoms with van der Waals surface area (Å²) in [5.74, 6) is 0.428. The van der Waals surface area contributed by atoms with Crippen molar-refractivity contribution in [3.8, 4) is 0 Å². The lowest BCUT2D eigenvalue weighted by atomic mass is 9.84. The van der Waals surface area contributed by atoms with Crippen molar-refractivity contribution < 1.29 is 9.53 Å². The van der Waals surface area contributed by atoms with Gasteiger partial charge in [-0.15, -0.1) is 5.10 Å². The maximum Gasteiger partial charge on any atom is 0.407 e. The number of rotatable bonds is 5. The van der Waals surface area contributed by atoms with E-state index < -0.39 is 5.60 Å². The molecule has 7 nitrogen and oxygen atoms in total. The lowest BCUT2D eigenvalue weighted by molar-refractivity contribution is 0.0510. The van der Waals surface area contributed by atoms with Gasteiger partial charge in [0.1, 0.15) is 5.60 Å². The van der Waals surface area contributed by atoms with Crippen molar-refractivity contribution in [3.63, 3.8) is 0 Å². The first-order chi connectivity index (χ1) is 10.8. The summed E-state index contributed by atoms with van der Waals surface area (Å²) in [5.41, 5.74) is 0.607. The number of aromatic nitrogens is 3.